The lowest BCUT2D eigenvalue weighted by molar-refractivity contribution is -0.142. The molecule has 0 aliphatic heterocycles. The van der Waals surface area contributed by atoms with Crippen LogP contribution >= 0.6 is 15.9 Å². The van der Waals surface area contributed by atoms with E-state index in [9.17, 15) is 4.79 Å². The van der Waals surface area contributed by atoms with Crippen LogP contribution in [0.3, 0.4) is 0 Å². The summed E-state index contributed by atoms with van der Waals surface area (Å²) >= 11 is 3.47. The van der Waals surface area contributed by atoms with Gasteiger partial charge in [-0.1, -0.05) is 64.5 Å². The highest BCUT2D eigenvalue weighted by atomic mass is 79.9. The Bertz CT molecular complexity index is 988. The van der Waals surface area contributed by atoms with E-state index in [-0.39, 0.29) is 12.4 Å². The first kappa shape index (κ1) is 21.8. The minimum atomic E-state index is -0.212. The molecular weight excluding hydrogens is 440 g/mol. The summed E-state index contributed by atoms with van der Waals surface area (Å²) in [7, 11) is 0. The van der Waals surface area contributed by atoms with Gasteiger partial charge in [0.05, 0.1) is 13.0 Å². The number of benzene rings is 3. The van der Waals surface area contributed by atoms with E-state index in [1.54, 1.807) is 6.92 Å². The number of ether oxygens (including phenoxy) is 2. The lowest BCUT2D eigenvalue weighted by atomic mass is 10.0. The molecule has 30 heavy (non-hydrogen) atoms. The lowest BCUT2D eigenvalue weighted by Crippen LogP contribution is -2.07. The molecular formula is C26H25BrO3. The molecule has 3 aromatic carbocycles. The van der Waals surface area contributed by atoms with Crippen molar-refractivity contribution in [2.45, 2.75) is 20.3 Å². The van der Waals surface area contributed by atoms with Gasteiger partial charge in [0.2, 0.25) is 0 Å². The van der Waals surface area contributed by atoms with Crippen LogP contribution in [0.5, 0.6) is 5.75 Å². The van der Waals surface area contributed by atoms with Gasteiger partial charge in [0.1, 0.15) is 12.4 Å². The molecule has 0 aliphatic carbocycles. The molecule has 0 aliphatic rings. The zero-order valence-corrected chi connectivity index (χ0v) is 18.8. The molecule has 0 fully saturated rings. The first-order valence-corrected chi connectivity index (χ1v) is 10.7. The van der Waals surface area contributed by atoms with Crippen molar-refractivity contribution in [3.05, 3.63) is 94.5 Å². The largest absolute Gasteiger partial charge is 0.490 e. The SMILES string of the molecule is CCOC(=O)Cc1ccc(OCC=C(C)c2ccc(-c3ccc(Br)cc3)cc2)cc1. The Labute approximate surface area is 186 Å². The van der Waals surface area contributed by atoms with Crippen molar-refractivity contribution in [2.75, 3.05) is 13.2 Å². The number of hydrogen-bond donors (Lipinski definition) is 0. The van der Waals surface area contributed by atoms with Gasteiger partial charge in [-0.3, -0.25) is 4.79 Å². The third-order valence-electron chi connectivity index (χ3n) is 4.73. The minimum Gasteiger partial charge on any atom is -0.490 e. The number of esters is 1. The van der Waals surface area contributed by atoms with Crippen molar-refractivity contribution in [3.8, 4) is 16.9 Å². The Kier molecular flexibility index (Phi) is 7.86. The molecule has 0 saturated carbocycles. The van der Waals surface area contributed by atoms with Crippen molar-refractivity contribution in [3.63, 3.8) is 0 Å². The Hall–Kier alpha value is -2.85. The van der Waals surface area contributed by atoms with Crippen LogP contribution < -0.4 is 4.74 Å². The quantitative estimate of drug-likeness (QED) is 0.347. The molecule has 3 aromatic rings. The highest BCUT2D eigenvalue weighted by Crippen LogP contribution is 2.24. The number of halogens is 1. The van der Waals surface area contributed by atoms with E-state index >= 15 is 0 Å². The number of rotatable bonds is 8. The van der Waals surface area contributed by atoms with E-state index < -0.39 is 0 Å². The summed E-state index contributed by atoms with van der Waals surface area (Å²) < 4.78 is 11.9. The van der Waals surface area contributed by atoms with Crippen molar-refractivity contribution in [2.24, 2.45) is 0 Å². The van der Waals surface area contributed by atoms with Crippen LogP contribution in [0, 0.1) is 0 Å². The van der Waals surface area contributed by atoms with Crippen molar-refractivity contribution < 1.29 is 14.3 Å². The van der Waals surface area contributed by atoms with E-state index in [1.807, 2.05) is 24.3 Å². The highest BCUT2D eigenvalue weighted by molar-refractivity contribution is 9.10. The Morgan fingerprint density at radius 1 is 0.900 bits per heavy atom. The predicted molar refractivity (Wildman–Crippen MR) is 126 cm³/mol. The number of carbonyl (C=O) groups is 1. The van der Waals surface area contributed by atoms with Crippen LogP contribution in [0.4, 0.5) is 0 Å². The Balaban J connectivity index is 1.54. The van der Waals surface area contributed by atoms with Gasteiger partial charge < -0.3 is 9.47 Å². The predicted octanol–water partition coefficient (Wildman–Crippen LogP) is 6.70. The molecule has 0 heterocycles. The zero-order chi connectivity index (χ0) is 21.3. The highest BCUT2D eigenvalue weighted by Gasteiger charge is 2.04. The third-order valence-corrected chi connectivity index (χ3v) is 5.26. The van der Waals surface area contributed by atoms with Crippen LogP contribution in [-0.4, -0.2) is 19.2 Å². The molecule has 4 heteroatoms. The summed E-state index contributed by atoms with van der Waals surface area (Å²) in [5.41, 5.74) is 5.64. The van der Waals surface area contributed by atoms with Gasteiger partial charge in [-0.25, -0.2) is 0 Å². The third kappa shape index (κ3) is 6.33. The van der Waals surface area contributed by atoms with Gasteiger partial charge in [0, 0.05) is 4.47 Å². The van der Waals surface area contributed by atoms with E-state index in [4.69, 9.17) is 9.47 Å². The summed E-state index contributed by atoms with van der Waals surface area (Å²) in [4.78, 5) is 11.5. The fourth-order valence-electron chi connectivity index (χ4n) is 3.03. The molecule has 0 spiro atoms. The van der Waals surface area contributed by atoms with Crippen LogP contribution in [0.2, 0.25) is 0 Å². The topological polar surface area (TPSA) is 35.5 Å². The number of carbonyl (C=O) groups excluding carboxylic acids is 1. The zero-order valence-electron chi connectivity index (χ0n) is 17.2. The minimum absolute atomic E-state index is 0.212. The van der Waals surface area contributed by atoms with Crippen LogP contribution in [0.15, 0.2) is 83.3 Å². The van der Waals surface area contributed by atoms with Crippen LogP contribution in [0.1, 0.15) is 25.0 Å². The second kappa shape index (κ2) is 10.8. The molecule has 0 unspecified atom stereocenters. The maximum absolute atomic E-state index is 11.5. The smallest absolute Gasteiger partial charge is 0.310 e. The summed E-state index contributed by atoms with van der Waals surface area (Å²) in [5.74, 6) is 0.563. The van der Waals surface area contributed by atoms with Gasteiger partial charge >= 0.3 is 5.97 Å². The second-order valence-corrected chi connectivity index (χ2v) is 7.82. The maximum atomic E-state index is 11.5. The number of allylic oxidation sites excluding steroid dienone is 1. The van der Waals surface area contributed by atoms with Gasteiger partial charge in [0.15, 0.2) is 0 Å². The first-order valence-electron chi connectivity index (χ1n) is 9.95. The molecule has 0 atom stereocenters. The van der Waals surface area contributed by atoms with Gasteiger partial charge in [-0.05, 0) is 72.0 Å². The molecule has 0 saturated heterocycles. The van der Waals surface area contributed by atoms with E-state index in [2.05, 4.69) is 77.5 Å². The summed E-state index contributed by atoms with van der Waals surface area (Å²) in [5, 5.41) is 0. The summed E-state index contributed by atoms with van der Waals surface area (Å²) in [6, 6.07) is 24.4. The average Bonchev–Trinajstić information content (AvgIpc) is 2.76. The lowest BCUT2D eigenvalue weighted by Gasteiger charge is -2.08. The first-order chi connectivity index (χ1) is 14.5. The van der Waals surface area contributed by atoms with Gasteiger partial charge in [-0.2, -0.15) is 0 Å². The Morgan fingerprint density at radius 3 is 2.10 bits per heavy atom. The van der Waals surface area contributed by atoms with Crippen molar-refractivity contribution in [1.29, 1.82) is 0 Å². The average molecular weight is 465 g/mol. The van der Waals surface area contributed by atoms with Crippen LogP contribution in [0.25, 0.3) is 16.7 Å². The molecule has 0 bridgehead atoms. The monoisotopic (exact) mass is 464 g/mol. The van der Waals surface area contributed by atoms with Gasteiger partial charge in [0.25, 0.3) is 0 Å². The van der Waals surface area contributed by atoms with E-state index in [0.29, 0.717) is 13.2 Å². The van der Waals surface area contributed by atoms with Gasteiger partial charge in [-0.15, -0.1) is 0 Å². The fraction of sp³-hybridized carbons (Fsp3) is 0.192. The summed E-state index contributed by atoms with van der Waals surface area (Å²) in [6.07, 6.45) is 2.35. The number of hydrogen-bond acceptors (Lipinski definition) is 3. The molecule has 3 rings (SSSR count). The summed E-state index contributed by atoms with van der Waals surface area (Å²) in [6.45, 7) is 4.78. The molecule has 3 nitrogen and oxygen atoms in total. The van der Waals surface area contributed by atoms with Crippen molar-refractivity contribution >= 4 is 27.5 Å². The normalized spacial score (nSPS) is 11.2. The maximum Gasteiger partial charge on any atom is 0.310 e. The Morgan fingerprint density at radius 2 is 1.50 bits per heavy atom. The second-order valence-electron chi connectivity index (χ2n) is 6.91. The standard InChI is InChI=1S/C26H25BrO3/c1-3-29-26(28)18-20-4-14-25(15-5-20)30-17-16-19(2)21-6-8-22(9-7-21)23-10-12-24(27)13-11-23/h4-16H,3,17-18H2,1-2H3. The fourth-order valence-corrected chi connectivity index (χ4v) is 3.30. The molecule has 0 N–H and O–H groups in total. The molecule has 154 valence electrons. The molecule has 0 aromatic heterocycles. The van der Waals surface area contributed by atoms with Crippen LogP contribution in [-0.2, 0) is 16.0 Å². The van der Waals surface area contributed by atoms with Crippen molar-refractivity contribution in [1.82, 2.24) is 0 Å². The molecule has 0 amide bonds. The molecule has 0 radical (unpaired) electrons. The van der Waals surface area contributed by atoms with E-state index in [1.165, 1.54) is 16.7 Å². The van der Waals surface area contributed by atoms with E-state index in [0.717, 1.165) is 21.4 Å².